The number of hydrogen-bond acceptors (Lipinski definition) is 3. The molecule has 2 unspecified atom stereocenters. The highest BCUT2D eigenvalue weighted by atomic mass is 79.9. The first-order valence-electron chi connectivity index (χ1n) is 6.60. The molecule has 0 N–H and O–H groups in total. The summed E-state index contributed by atoms with van der Waals surface area (Å²) in [5, 5.41) is 12.2. The van der Waals surface area contributed by atoms with Gasteiger partial charge in [-0.1, -0.05) is 6.92 Å². The van der Waals surface area contributed by atoms with Gasteiger partial charge in [0.1, 0.15) is 5.75 Å². The van der Waals surface area contributed by atoms with Crippen molar-refractivity contribution < 1.29 is 14.6 Å². The summed E-state index contributed by atoms with van der Waals surface area (Å²) >= 11 is 3.55. The van der Waals surface area contributed by atoms with Crippen molar-refractivity contribution in [1.82, 2.24) is 4.57 Å². The summed E-state index contributed by atoms with van der Waals surface area (Å²) in [6.45, 7) is 2.56. The van der Waals surface area contributed by atoms with Crippen LogP contribution in [0.1, 0.15) is 25.0 Å². The summed E-state index contributed by atoms with van der Waals surface area (Å²) in [7, 11) is 1.64. The fraction of sp³-hybridized carbons (Fsp3) is 0.400. The second-order valence-corrected chi connectivity index (χ2v) is 6.12. The molecule has 0 amide bonds. The molecular weight excluding hydrogens is 322 g/mol. The first-order chi connectivity index (χ1) is 9.52. The Morgan fingerprint density at radius 2 is 2.25 bits per heavy atom. The molecule has 2 atom stereocenters. The van der Waals surface area contributed by atoms with E-state index < -0.39 is 11.9 Å². The Morgan fingerprint density at radius 1 is 1.50 bits per heavy atom. The molecule has 1 aromatic heterocycles. The molecule has 5 heteroatoms. The van der Waals surface area contributed by atoms with Crippen LogP contribution in [0.3, 0.4) is 0 Å². The van der Waals surface area contributed by atoms with E-state index in [-0.39, 0.29) is 5.92 Å². The van der Waals surface area contributed by atoms with Gasteiger partial charge in [0.15, 0.2) is 0 Å². The smallest absolute Gasteiger partial charge is 0.122 e. The maximum absolute atomic E-state index is 11.1. The van der Waals surface area contributed by atoms with Crippen LogP contribution < -0.4 is 9.84 Å². The third-order valence-electron chi connectivity index (χ3n) is 4.23. The quantitative estimate of drug-likeness (QED) is 0.864. The summed E-state index contributed by atoms with van der Waals surface area (Å²) in [5.41, 5.74) is 2.16. The first-order valence-corrected chi connectivity index (χ1v) is 7.39. The van der Waals surface area contributed by atoms with Crippen LogP contribution in [-0.4, -0.2) is 17.6 Å². The number of hydrogen-bond donors (Lipinski definition) is 0. The monoisotopic (exact) mass is 336 g/mol. The average molecular weight is 337 g/mol. The molecular formula is C15H15BrNO3-. The minimum atomic E-state index is -0.981. The number of carboxylic acid groups (broad SMARTS) is 1. The molecule has 106 valence electrons. The number of carbonyl (C=O) groups excluding carboxylic acids is 1. The van der Waals surface area contributed by atoms with Gasteiger partial charge >= 0.3 is 0 Å². The zero-order chi connectivity index (χ0) is 14.4. The van der Waals surface area contributed by atoms with Crippen LogP contribution in [0.2, 0.25) is 0 Å². The predicted molar refractivity (Wildman–Crippen MR) is 77.7 cm³/mol. The van der Waals surface area contributed by atoms with Gasteiger partial charge in [0, 0.05) is 46.0 Å². The number of benzene rings is 1. The zero-order valence-corrected chi connectivity index (χ0v) is 12.9. The van der Waals surface area contributed by atoms with Gasteiger partial charge in [-0.15, -0.1) is 0 Å². The minimum absolute atomic E-state index is 0.0188. The van der Waals surface area contributed by atoms with E-state index in [4.69, 9.17) is 4.74 Å². The Balaban J connectivity index is 2.15. The molecule has 0 saturated heterocycles. The van der Waals surface area contributed by atoms with Gasteiger partial charge in [0.25, 0.3) is 0 Å². The number of aliphatic carboxylic acids is 1. The highest BCUT2D eigenvalue weighted by Gasteiger charge is 2.30. The fourth-order valence-corrected chi connectivity index (χ4v) is 3.61. The Labute approximate surface area is 125 Å². The largest absolute Gasteiger partial charge is 0.550 e. The number of carbonyl (C=O) groups is 1. The lowest BCUT2D eigenvalue weighted by Gasteiger charge is -2.19. The number of aryl methyl sites for hydroxylation is 1. The summed E-state index contributed by atoms with van der Waals surface area (Å²) in [6, 6.07) is 6.00. The molecule has 0 aliphatic carbocycles. The standard InChI is InChI=1S/C15H16BrNO3/c1-8(15(18)19)10-3-4-17-13-6-9(20-2)5-12(16)11(13)7-14(10)17/h5-8,10H,3-4H2,1-2H3,(H,18,19)/p-1. The number of nitrogens with zero attached hydrogens (tertiary/aromatic N) is 1. The molecule has 0 spiro atoms. The van der Waals surface area contributed by atoms with E-state index in [1.807, 2.05) is 12.1 Å². The zero-order valence-electron chi connectivity index (χ0n) is 11.4. The lowest BCUT2D eigenvalue weighted by molar-refractivity contribution is -0.311. The van der Waals surface area contributed by atoms with E-state index in [1.54, 1.807) is 14.0 Å². The summed E-state index contributed by atoms with van der Waals surface area (Å²) in [4.78, 5) is 11.1. The van der Waals surface area contributed by atoms with Gasteiger partial charge in [0.2, 0.25) is 0 Å². The van der Waals surface area contributed by atoms with Gasteiger partial charge in [0.05, 0.1) is 12.6 Å². The topological polar surface area (TPSA) is 54.3 Å². The third kappa shape index (κ3) is 1.92. The molecule has 0 bridgehead atoms. The molecule has 0 saturated carbocycles. The number of halogens is 1. The fourth-order valence-electron chi connectivity index (χ4n) is 3.07. The number of fused-ring (bicyclic) bond motifs is 3. The maximum atomic E-state index is 11.1. The van der Waals surface area contributed by atoms with Crippen LogP contribution in [0.15, 0.2) is 22.7 Å². The van der Waals surface area contributed by atoms with Crippen LogP contribution in [0.5, 0.6) is 5.75 Å². The summed E-state index contributed by atoms with van der Waals surface area (Å²) in [6.07, 6.45) is 0.843. The molecule has 1 aliphatic rings. The third-order valence-corrected chi connectivity index (χ3v) is 4.89. The van der Waals surface area contributed by atoms with Crippen molar-refractivity contribution in [2.75, 3.05) is 7.11 Å². The van der Waals surface area contributed by atoms with Gasteiger partial charge in [-0.2, -0.15) is 0 Å². The van der Waals surface area contributed by atoms with Crippen LogP contribution in [0.4, 0.5) is 0 Å². The van der Waals surface area contributed by atoms with Gasteiger partial charge in [-0.05, 0) is 34.5 Å². The molecule has 0 fully saturated rings. The number of aromatic nitrogens is 1. The summed E-state index contributed by atoms with van der Waals surface area (Å²) in [5.74, 6) is -0.640. The maximum Gasteiger partial charge on any atom is 0.122 e. The number of ether oxygens (including phenoxy) is 1. The van der Waals surface area contributed by atoms with Crippen molar-refractivity contribution in [2.24, 2.45) is 5.92 Å². The molecule has 2 heterocycles. The van der Waals surface area contributed by atoms with E-state index in [0.29, 0.717) is 0 Å². The van der Waals surface area contributed by atoms with Crippen LogP contribution in [-0.2, 0) is 11.3 Å². The molecule has 1 aromatic carbocycles. The van der Waals surface area contributed by atoms with Gasteiger partial charge in [-0.3, -0.25) is 0 Å². The van der Waals surface area contributed by atoms with Crippen molar-refractivity contribution in [3.05, 3.63) is 28.4 Å². The van der Waals surface area contributed by atoms with Crippen molar-refractivity contribution in [2.45, 2.75) is 25.8 Å². The van der Waals surface area contributed by atoms with Gasteiger partial charge in [-0.25, -0.2) is 0 Å². The first kappa shape index (κ1) is 13.5. The SMILES string of the molecule is COc1cc(Br)c2cc3n(c2c1)CCC3C(C)C(=O)[O-]. The Bertz CT molecular complexity index is 692. The average Bonchev–Trinajstić information content (AvgIpc) is 2.97. The van der Waals surface area contributed by atoms with E-state index in [2.05, 4.69) is 26.6 Å². The molecule has 3 rings (SSSR count). The Morgan fingerprint density at radius 3 is 2.90 bits per heavy atom. The van der Waals surface area contributed by atoms with Crippen LogP contribution >= 0.6 is 15.9 Å². The van der Waals surface area contributed by atoms with Gasteiger partial charge < -0.3 is 19.2 Å². The Hall–Kier alpha value is -1.49. The van der Waals surface area contributed by atoms with E-state index in [0.717, 1.165) is 39.8 Å². The highest BCUT2D eigenvalue weighted by Crippen LogP contribution is 2.41. The Kier molecular flexibility index (Phi) is 3.24. The second kappa shape index (κ2) is 4.81. The molecule has 1 aliphatic heterocycles. The van der Waals surface area contributed by atoms with Crippen LogP contribution in [0.25, 0.3) is 10.9 Å². The lowest BCUT2D eigenvalue weighted by atomic mass is 9.90. The lowest BCUT2D eigenvalue weighted by Crippen LogP contribution is -2.32. The molecule has 2 aromatic rings. The second-order valence-electron chi connectivity index (χ2n) is 5.27. The van der Waals surface area contributed by atoms with Crippen molar-refractivity contribution >= 4 is 32.8 Å². The number of rotatable bonds is 3. The molecule has 0 radical (unpaired) electrons. The van der Waals surface area contributed by atoms with Crippen LogP contribution in [0, 0.1) is 5.92 Å². The number of methoxy groups -OCH3 is 1. The molecule has 20 heavy (non-hydrogen) atoms. The predicted octanol–water partition coefficient (Wildman–Crippen LogP) is 2.29. The van der Waals surface area contributed by atoms with Crippen molar-refractivity contribution in [3.63, 3.8) is 0 Å². The summed E-state index contributed by atoms with van der Waals surface area (Å²) < 4.78 is 8.45. The van der Waals surface area contributed by atoms with E-state index in [1.165, 1.54) is 0 Å². The normalized spacial score (nSPS) is 19.1. The number of carboxylic acids is 1. The van der Waals surface area contributed by atoms with Crippen molar-refractivity contribution in [1.29, 1.82) is 0 Å². The van der Waals surface area contributed by atoms with Crippen molar-refractivity contribution in [3.8, 4) is 5.75 Å². The molecule has 4 nitrogen and oxygen atoms in total. The van der Waals surface area contributed by atoms with E-state index >= 15 is 0 Å². The minimum Gasteiger partial charge on any atom is -0.550 e. The highest BCUT2D eigenvalue weighted by molar-refractivity contribution is 9.10. The van der Waals surface area contributed by atoms with E-state index in [9.17, 15) is 9.90 Å².